The van der Waals surface area contributed by atoms with Gasteiger partial charge in [0, 0.05) is 32.7 Å². The first kappa shape index (κ1) is 20.2. The molecule has 1 saturated carbocycles. The third-order valence-electron chi connectivity index (χ3n) is 4.97. The summed E-state index contributed by atoms with van der Waals surface area (Å²) < 4.78 is 0. The van der Waals surface area contributed by atoms with Crippen molar-refractivity contribution >= 4 is 24.2 Å². The summed E-state index contributed by atoms with van der Waals surface area (Å²) in [6.45, 7) is 5.10. The van der Waals surface area contributed by atoms with Crippen molar-refractivity contribution in [1.82, 2.24) is 15.1 Å². The van der Waals surface area contributed by atoms with Crippen LogP contribution in [-0.2, 0) is 9.59 Å². The lowest BCUT2D eigenvalue weighted by Crippen LogP contribution is -2.43. The van der Waals surface area contributed by atoms with E-state index in [0.717, 1.165) is 25.9 Å². The summed E-state index contributed by atoms with van der Waals surface area (Å²) in [4.78, 5) is 27.7. The number of hydrogen-bond donors (Lipinski definition) is 2. The highest BCUT2D eigenvalue weighted by Crippen LogP contribution is 2.35. The highest BCUT2D eigenvalue weighted by Gasteiger charge is 2.39. The number of fused-ring (bicyclic) bond motifs is 1. The number of rotatable bonds is 6. The molecule has 0 aromatic rings. The van der Waals surface area contributed by atoms with Crippen molar-refractivity contribution in [2.75, 3.05) is 39.8 Å². The van der Waals surface area contributed by atoms with Gasteiger partial charge in [-0.25, -0.2) is 0 Å². The SMILES string of the molecule is CCCNC(=O)CN(C)C(=O)CN1CC2CCCC(N)C2C1.Cl. The number of carbonyl (C=O) groups excluding carboxylic acids is 2. The Hall–Kier alpha value is -0.850. The third-order valence-corrected chi connectivity index (χ3v) is 4.97. The lowest BCUT2D eigenvalue weighted by atomic mass is 9.78. The first-order valence-corrected chi connectivity index (χ1v) is 8.49. The Balaban J connectivity index is 0.00000264. The lowest BCUT2D eigenvalue weighted by molar-refractivity contribution is -0.135. The predicted octanol–water partition coefficient (Wildman–Crippen LogP) is 0.452. The van der Waals surface area contributed by atoms with Crippen molar-refractivity contribution < 1.29 is 9.59 Å². The first-order valence-electron chi connectivity index (χ1n) is 8.49. The molecule has 2 amide bonds. The Morgan fingerprint density at radius 2 is 2.04 bits per heavy atom. The summed E-state index contributed by atoms with van der Waals surface area (Å²) in [5.41, 5.74) is 6.21. The second kappa shape index (κ2) is 9.45. The summed E-state index contributed by atoms with van der Waals surface area (Å²) in [6.07, 6.45) is 4.46. The van der Waals surface area contributed by atoms with Crippen LogP contribution in [0.3, 0.4) is 0 Å². The molecule has 0 bridgehead atoms. The zero-order chi connectivity index (χ0) is 16.1. The van der Waals surface area contributed by atoms with Gasteiger partial charge in [-0.05, 0) is 31.1 Å². The van der Waals surface area contributed by atoms with Gasteiger partial charge < -0.3 is 16.0 Å². The van der Waals surface area contributed by atoms with Crippen LogP contribution in [0.4, 0.5) is 0 Å². The van der Waals surface area contributed by atoms with Gasteiger partial charge in [0.1, 0.15) is 0 Å². The van der Waals surface area contributed by atoms with Crippen LogP contribution in [0.2, 0.25) is 0 Å². The van der Waals surface area contributed by atoms with Crippen LogP contribution in [0.5, 0.6) is 0 Å². The van der Waals surface area contributed by atoms with Crippen LogP contribution in [0, 0.1) is 11.8 Å². The molecule has 6 nitrogen and oxygen atoms in total. The Morgan fingerprint density at radius 1 is 1.30 bits per heavy atom. The Labute approximate surface area is 145 Å². The Bertz CT molecular complexity index is 408. The van der Waals surface area contributed by atoms with E-state index in [9.17, 15) is 9.59 Å². The Morgan fingerprint density at radius 3 is 2.70 bits per heavy atom. The van der Waals surface area contributed by atoms with Gasteiger partial charge in [0.15, 0.2) is 0 Å². The molecule has 23 heavy (non-hydrogen) atoms. The topological polar surface area (TPSA) is 78.7 Å². The maximum Gasteiger partial charge on any atom is 0.239 e. The number of likely N-dealkylation sites (tertiary alicyclic amines) is 1. The van der Waals surface area contributed by atoms with Crippen LogP contribution in [0.1, 0.15) is 32.6 Å². The fourth-order valence-corrected chi connectivity index (χ4v) is 3.67. The standard InChI is InChI=1S/C16H30N4O2.ClH/c1-3-7-18-15(21)10-19(2)16(22)11-20-8-12-5-4-6-14(17)13(12)9-20;/h12-14H,3-11,17H2,1-2H3,(H,18,21);1H. The second-order valence-corrected chi connectivity index (χ2v) is 6.81. The number of carbonyl (C=O) groups is 2. The molecule has 3 unspecified atom stereocenters. The van der Waals surface area contributed by atoms with Crippen LogP contribution in [0.25, 0.3) is 0 Å². The van der Waals surface area contributed by atoms with E-state index < -0.39 is 0 Å². The number of nitrogens with two attached hydrogens (primary N) is 1. The van der Waals surface area contributed by atoms with Gasteiger partial charge in [-0.3, -0.25) is 14.5 Å². The van der Waals surface area contributed by atoms with Crippen molar-refractivity contribution in [3.05, 3.63) is 0 Å². The van der Waals surface area contributed by atoms with E-state index in [0.29, 0.717) is 24.9 Å². The maximum atomic E-state index is 12.3. The molecule has 0 aromatic heterocycles. The molecule has 0 spiro atoms. The van der Waals surface area contributed by atoms with Gasteiger partial charge >= 0.3 is 0 Å². The zero-order valence-corrected chi connectivity index (χ0v) is 15.1. The minimum absolute atomic E-state index is 0. The van der Waals surface area contributed by atoms with Crippen LogP contribution in [0.15, 0.2) is 0 Å². The van der Waals surface area contributed by atoms with Crippen molar-refractivity contribution in [2.45, 2.75) is 38.6 Å². The minimum Gasteiger partial charge on any atom is -0.355 e. The van der Waals surface area contributed by atoms with Gasteiger partial charge in [-0.1, -0.05) is 13.3 Å². The monoisotopic (exact) mass is 346 g/mol. The molecule has 3 N–H and O–H groups in total. The normalized spacial score (nSPS) is 27.0. The maximum absolute atomic E-state index is 12.3. The van der Waals surface area contributed by atoms with E-state index in [1.54, 1.807) is 7.05 Å². The molecular weight excluding hydrogens is 316 g/mol. The average molecular weight is 347 g/mol. The van der Waals surface area contributed by atoms with E-state index in [1.807, 2.05) is 6.92 Å². The summed E-state index contributed by atoms with van der Waals surface area (Å²) in [5, 5.41) is 2.80. The van der Waals surface area contributed by atoms with E-state index in [1.165, 1.54) is 17.7 Å². The third kappa shape index (κ3) is 5.62. The van der Waals surface area contributed by atoms with Gasteiger partial charge in [-0.2, -0.15) is 0 Å². The van der Waals surface area contributed by atoms with E-state index in [2.05, 4.69) is 10.2 Å². The molecule has 0 radical (unpaired) electrons. The summed E-state index contributed by atoms with van der Waals surface area (Å²) in [6, 6.07) is 0.288. The molecule has 1 aliphatic carbocycles. The van der Waals surface area contributed by atoms with Gasteiger partial charge in [0.05, 0.1) is 13.1 Å². The molecule has 7 heteroatoms. The molecule has 3 atom stereocenters. The van der Waals surface area contributed by atoms with Gasteiger partial charge in [0.25, 0.3) is 0 Å². The molecule has 0 aromatic carbocycles. The fourth-order valence-electron chi connectivity index (χ4n) is 3.67. The molecule has 1 saturated heterocycles. The largest absolute Gasteiger partial charge is 0.355 e. The number of likely N-dealkylation sites (N-methyl/N-ethyl adjacent to an activating group) is 1. The molecule has 2 fully saturated rings. The predicted molar refractivity (Wildman–Crippen MR) is 93.4 cm³/mol. The molecule has 2 rings (SSSR count). The quantitative estimate of drug-likeness (QED) is 0.732. The molecule has 1 aliphatic heterocycles. The highest BCUT2D eigenvalue weighted by atomic mass is 35.5. The lowest BCUT2D eigenvalue weighted by Gasteiger charge is -2.29. The number of halogens is 1. The van der Waals surface area contributed by atoms with Gasteiger partial charge in [0.2, 0.25) is 11.8 Å². The van der Waals surface area contributed by atoms with E-state index >= 15 is 0 Å². The van der Waals surface area contributed by atoms with Crippen molar-refractivity contribution in [3.63, 3.8) is 0 Å². The van der Waals surface area contributed by atoms with Crippen LogP contribution < -0.4 is 11.1 Å². The van der Waals surface area contributed by atoms with Crippen LogP contribution in [-0.4, -0.2) is 67.4 Å². The van der Waals surface area contributed by atoms with Gasteiger partial charge in [-0.15, -0.1) is 12.4 Å². The van der Waals surface area contributed by atoms with Crippen molar-refractivity contribution in [1.29, 1.82) is 0 Å². The fraction of sp³-hybridized carbons (Fsp3) is 0.875. The average Bonchev–Trinajstić information content (AvgIpc) is 2.89. The zero-order valence-electron chi connectivity index (χ0n) is 14.3. The van der Waals surface area contributed by atoms with Crippen molar-refractivity contribution in [2.24, 2.45) is 17.6 Å². The van der Waals surface area contributed by atoms with Crippen molar-refractivity contribution in [3.8, 4) is 0 Å². The molecule has 2 aliphatic rings. The smallest absolute Gasteiger partial charge is 0.239 e. The van der Waals surface area contributed by atoms with E-state index in [-0.39, 0.29) is 36.8 Å². The highest BCUT2D eigenvalue weighted by molar-refractivity contribution is 5.85. The number of amides is 2. The summed E-state index contributed by atoms with van der Waals surface area (Å²) >= 11 is 0. The second-order valence-electron chi connectivity index (χ2n) is 6.81. The number of nitrogens with zero attached hydrogens (tertiary/aromatic N) is 2. The molecule has 134 valence electrons. The van der Waals surface area contributed by atoms with E-state index in [4.69, 9.17) is 5.73 Å². The molecule has 1 heterocycles. The number of hydrogen-bond acceptors (Lipinski definition) is 4. The molecular formula is C16H31ClN4O2. The minimum atomic E-state index is -0.0881. The van der Waals surface area contributed by atoms with Crippen LogP contribution >= 0.6 is 12.4 Å². The summed E-state index contributed by atoms with van der Waals surface area (Å²) in [7, 11) is 1.70. The number of nitrogens with one attached hydrogen (secondary N) is 1. The first-order chi connectivity index (χ1) is 10.5. The Kier molecular flexibility index (Phi) is 8.29. The summed E-state index contributed by atoms with van der Waals surface area (Å²) in [5.74, 6) is 1.11.